The van der Waals surface area contributed by atoms with Crippen LogP contribution >= 0.6 is 0 Å². The fourth-order valence-electron chi connectivity index (χ4n) is 1.86. The molecular formula is C13H17O. The molecule has 1 heteroatoms. The maximum atomic E-state index is 10.9. The van der Waals surface area contributed by atoms with Crippen LogP contribution in [0.5, 0.6) is 0 Å². The first kappa shape index (κ1) is 11.0. The minimum Gasteiger partial charge on any atom is -0.290 e. The summed E-state index contributed by atoms with van der Waals surface area (Å²) in [5.74, 6) is 0.376. The lowest BCUT2D eigenvalue weighted by atomic mass is 9.84. The number of hydrogen-bond donors (Lipinski definition) is 0. The number of rotatable bonds is 5. The predicted molar refractivity (Wildman–Crippen MR) is 58.9 cm³/mol. The van der Waals surface area contributed by atoms with Crippen LogP contribution in [0, 0.1) is 5.92 Å². The molecule has 75 valence electrons. The van der Waals surface area contributed by atoms with Crippen molar-refractivity contribution in [2.45, 2.75) is 32.6 Å². The van der Waals surface area contributed by atoms with Gasteiger partial charge in [0.15, 0.2) is 0 Å². The summed E-state index contributed by atoms with van der Waals surface area (Å²) in [4.78, 5) is 10.9. The molecule has 0 bridgehead atoms. The van der Waals surface area contributed by atoms with Crippen molar-refractivity contribution in [3.63, 3.8) is 0 Å². The Morgan fingerprint density at radius 1 is 1.14 bits per heavy atom. The molecule has 0 amide bonds. The zero-order chi connectivity index (χ0) is 10.4. The lowest BCUT2D eigenvalue weighted by Gasteiger charge is -2.19. The van der Waals surface area contributed by atoms with Gasteiger partial charge < -0.3 is 0 Å². The Hall–Kier alpha value is -1.11. The average molecular weight is 189 g/mol. The standard InChI is InChI=1S/C13H17O/c1-3-11(4-2)13(10-14)12-8-6-5-7-9-12/h5-9,11,13H,3-4H2,1-2H3. The number of benzene rings is 1. The largest absolute Gasteiger partial charge is 0.290 e. The van der Waals surface area contributed by atoms with Crippen molar-refractivity contribution in [2.75, 3.05) is 0 Å². The molecule has 0 aliphatic heterocycles. The summed E-state index contributed by atoms with van der Waals surface area (Å²) < 4.78 is 0. The van der Waals surface area contributed by atoms with Gasteiger partial charge in [-0.2, -0.15) is 0 Å². The highest BCUT2D eigenvalue weighted by Gasteiger charge is 2.19. The van der Waals surface area contributed by atoms with Crippen LogP contribution < -0.4 is 0 Å². The lowest BCUT2D eigenvalue weighted by molar-refractivity contribution is 0.438. The monoisotopic (exact) mass is 189 g/mol. The second kappa shape index (κ2) is 5.58. The van der Waals surface area contributed by atoms with Crippen molar-refractivity contribution < 1.29 is 4.79 Å². The van der Waals surface area contributed by atoms with E-state index in [1.807, 2.05) is 30.3 Å². The van der Waals surface area contributed by atoms with Crippen molar-refractivity contribution in [3.05, 3.63) is 35.9 Å². The quantitative estimate of drug-likeness (QED) is 0.694. The molecule has 0 heterocycles. The fourth-order valence-corrected chi connectivity index (χ4v) is 1.86. The second-order valence-electron chi connectivity index (χ2n) is 3.58. The summed E-state index contributed by atoms with van der Waals surface area (Å²) in [6, 6.07) is 9.93. The summed E-state index contributed by atoms with van der Waals surface area (Å²) >= 11 is 0. The van der Waals surface area contributed by atoms with E-state index in [9.17, 15) is 4.79 Å². The summed E-state index contributed by atoms with van der Waals surface area (Å²) in [5, 5.41) is 0. The topological polar surface area (TPSA) is 17.1 Å². The van der Waals surface area contributed by atoms with Crippen molar-refractivity contribution in [1.82, 2.24) is 0 Å². The molecule has 0 N–H and O–H groups in total. The van der Waals surface area contributed by atoms with Gasteiger partial charge in [-0.15, -0.1) is 0 Å². The molecule has 1 nitrogen and oxygen atoms in total. The van der Waals surface area contributed by atoms with Crippen LogP contribution in [-0.4, -0.2) is 6.29 Å². The molecule has 1 aromatic rings. The average Bonchev–Trinajstić information content (AvgIpc) is 2.27. The maximum Gasteiger partial charge on any atom is 0.206 e. The van der Waals surface area contributed by atoms with E-state index >= 15 is 0 Å². The Labute approximate surface area is 86.1 Å². The van der Waals surface area contributed by atoms with Gasteiger partial charge in [-0.05, 0) is 11.5 Å². The molecule has 14 heavy (non-hydrogen) atoms. The number of hydrogen-bond acceptors (Lipinski definition) is 1. The van der Waals surface area contributed by atoms with Crippen LogP contribution in [0.2, 0.25) is 0 Å². The van der Waals surface area contributed by atoms with E-state index in [1.165, 1.54) is 0 Å². The highest BCUT2D eigenvalue weighted by Crippen LogP contribution is 2.27. The van der Waals surface area contributed by atoms with Crippen LogP contribution in [0.3, 0.4) is 0 Å². The molecule has 0 aliphatic rings. The lowest BCUT2D eigenvalue weighted by Crippen LogP contribution is -2.12. The first-order valence-electron chi connectivity index (χ1n) is 5.26. The molecule has 0 aromatic heterocycles. The molecular weight excluding hydrogens is 172 g/mol. The Morgan fingerprint density at radius 2 is 1.71 bits per heavy atom. The molecule has 1 aromatic carbocycles. The van der Waals surface area contributed by atoms with E-state index in [0.717, 1.165) is 18.4 Å². The predicted octanol–water partition coefficient (Wildman–Crippen LogP) is 3.32. The molecule has 1 atom stereocenters. The third-order valence-electron chi connectivity index (χ3n) is 2.81. The van der Waals surface area contributed by atoms with Crippen molar-refractivity contribution in [2.24, 2.45) is 5.92 Å². The van der Waals surface area contributed by atoms with Gasteiger partial charge in [0.2, 0.25) is 6.29 Å². The third kappa shape index (κ3) is 2.44. The summed E-state index contributed by atoms with van der Waals surface area (Å²) in [6.07, 6.45) is 4.24. The van der Waals surface area contributed by atoms with E-state index in [4.69, 9.17) is 0 Å². The SMILES string of the molecule is CCC(CC)C([C]=O)c1ccccc1. The normalized spacial score (nSPS) is 12.8. The summed E-state index contributed by atoms with van der Waals surface area (Å²) in [7, 11) is 0. The Kier molecular flexibility index (Phi) is 4.37. The van der Waals surface area contributed by atoms with E-state index in [-0.39, 0.29) is 5.92 Å². The van der Waals surface area contributed by atoms with Gasteiger partial charge in [0.1, 0.15) is 0 Å². The Bertz CT molecular complexity index is 262. The molecule has 0 aliphatic carbocycles. The minimum atomic E-state index is -0.0498. The molecule has 0 saturated heterocycles. The highest BCUT2D eigenvalue weighted by atomic mass is 16.1. The Balaban J connectivity index is 2.86. The first-order chi connectivity index (χ1) is 6.83. The van der Waals surface area contributed by atoms with Crippen LogP contribution in [0.4, 0.5) is 0 Å². The van der Waals surface area contributed by atoms with Crippen LogP contribution in [-0.2, 0) is 4.79 Å². The van der Waals surface area contributed by atoms with Gasteiger partial charge in [-0.25, -0.2) is 0 Å². The van der Waals surface area contributed by atoms with Gasteiger partial charge >= 0.3 is 0 Å². The molecule has 0 saturated carbocycles. The van der Waals surface area contributed by atoms with Crippen LogP contribution in [0.25, 0.3) is 0 Å². The van der Waals surface area contributed by atoms with Gasteiger partial charge in [0.05, 0.1) is 5.92 Å². The van der Waals surface area contributed by atoms with Crippen molar-refractivity contribution in [1.29, 1.82) is 0 Å². The van der Waals surface area contributed by atoms with Crippen LogP contribution in [0.1, 0.15) is 38.2 Å². The second-order valence-corrected chi connectivity index (χ2v) is 3.58. The van der Waals surface area contributed by atoms with E-state index < -0.39 is 0 Å². The smallest absolute Gasteiger partial charge is 0.206 e. The zero-order valence-corrected chi connectivity index (χ0v) is 8.86. The van der Waals surface area contributed by atoms with Crippen LogP contribution in [0.15, 0.2) is 30.3 Å². The third-order valence-corrected chi connectivity index (χ3v) is 2.81. The summed E-state index contributed by atoms with van der Waals surface area (Å²) in [5.41, 5.74) is 1.09. The zero-order valence-electron chi connectivity index (χ0n) is 8.86. The van der Waals surface area contributed by atoms with Crippen molar-refractivity contribution in [3.8, 4) is 0 Å². The van der Waals surface area contributed by atoms with Gasteiger partial charge in [-0.1, -0.05) is 57.0 Å². The first-order valence-corrected chi connectivity index (χ1v) is 5.26. The molecule has 0 fully saturated rings. The van der Waals surface area contributed by atoms with Gasteiger partial charge in [0.25, 0.3) is 0 Å². The molecule has 1 rings (SSSR count). The van der Waals surface area contributed by atoms with E-state index in [2.05, 4.69) is 20.1 Å². The molecule has 0 spiro atoms. The van der Waals surface area contributed by atoms with Gasteiger partial charge in [0, 0.05) is 0 Å². The van der Waals surface area contributed by atoms with Gasteiger partial charge in [-0.3, -0.25) is 4.79 Å². The molecule has 1 radical (unpaired) electrons. The number of carbonyl (C=O) groups excluding carboxylic acids is 1. The van der Waals surface area contributed by atoms with Crippen molar-refractivity contribution >= 4 is 6.29 Å². The summed E-state index contributed by atoms with van der Waals surface area (Å²) in [6.45, 7) is 4.25. The van der Waals surface area contributed by atoms with E-state index in [1.54, 1.807) is 0 Å². The highest BCUT2D eigenvalue weighted by molar-refractivity contribution is 5.63. The fraction of sp³-hybridized carbons (Fsp3) is 0.462. The van der Waals surface area contributed by atoms with E-state index in [0.29, 0.717) is 5.92 Å². The maximum absolute atomic E-state index is 10.9. The minimum absolute atomic E-state index is 0.0498. The Morgan fingerprint density at radius 3 is 2.14 bits per heavy atom. The molecule has 1 unspecified atom stereocenters.